The van der Waals surface area contributed by atoms with Gasteiger partial charge >= 0.3 is 6.09 Å². The summed E-state index contributed by atoms with van der Waals surface area (Å²) in [5, 5.41) is 0.893. The highest BCUT2D eigenvalue weighted by molar-refractivity contribution is 6.42. The van der Waals surface area contributed by atoms with Crippen molar-refractivity contribution in [2.45, 2.75) is 44.8 Å². The van der Waals surface area contributed by atoms with Crippen molar-refractivity contribution in [3.63, 3.8) is 0 Å². The van der Waals surface area contributed by atoms with Crippen LogP contribution in [0.2, 0.25) is 10.0 Å². The largest absolute Gasteiger partial charge is 0.444 e. The predicted molar refractivity (Wildman–Crippen MR) is 97.2 cm³/mol. The van der Waals surface area contributed by atoms with Gasteiger partial charge < -0.3 is 19.2 Å². The van der Waals surface area contributed by atoms with Crippen LogP contribution in [0.1, 0.15) is 39.2 Å². The maximum atomic E-state index is 12.2. The van der Waals surface area contributed by atoms with Gasteiger partial charge in [0.15, 0.2) is 0 Å². The quantitative estimate of drug-likeness (QED) is 0.716. The van der Waals surface area contributed by atoms with Gasteiger partial charge in [-0.2, -0.15) is 0 Å². The fourth-order valence-corrected chi connectivity index (χ4v) is 3.16. The van der Waals surface area contributed by atoms with Gasteiger partial charge in [-0.1, -0.05) is 29.3 Å². The Kier molecular flexibility index (Phi) is 6.35. The molecule has 0 aromatic heterocycles. The van der Waals surface area contributed by atoms with Crippen LogP contribution >= 0.6 is 23.2 Å². The molecular formula is C18H23Cl2NO4. The number of likely N-dealkylation sites (tertiary alicyclic amines) is 1. The third kappa shape index (κ3) is 5.09. The maximum Gasteiger partial charge on any atom is 0.410 e. The minimum atomic E-state index is -0.673. The zero-order chi connectivity index (χ0) is 18.7. The summed E-state index contributed by atoms with van der Waals surface area (Å²) in [6.45, 7) is 6.42. The zero-order valence-electron chi connectivity index (χ0n) is 14.7. The smallest absolute Gasteiger partial charge is 0.410 e. The van der Waals surface area contributed by atoms with Gasteiger partial charge in [0, 0.05) is 13.1 Å². The van der Waals surface area contributed by atoms with Crippen molar-refractivity contribution in [1.82, 2.24) is 4.90 Å². The molecular weight excluding hydrogens is 365 g/mol. The molecule has 1 saturated heterocycles. The third-order valence-electron chi connectivity index (χ3n) is 4.10. The number of amides is 1. The van der Waals surface area contributed by atoms with E-state index in [2.05, 4.69) is 0 Å². The van der Waals surface area contributed by atoms with Gasteiger partial charge in [-0.15, -0.1) is 0 Å². The first-order valence-corrected chi connectivity index (χ1v) is 8.93. The van der Waals surface area contributed by atoms with E-state index in [9.17, 15) is 9.59 Å². The normalized spacial score (nSPS) is 17.2. The van der Waals surface area contributed by atoms with Gasteiger partial charge in [-0.25, -0.2) is 4.79 Å². The molecule has 0 unspecified atom stereocenters. The van der Waals surface area contributed by atoms with Crippen LogP contribution in [-0.4, -0.2) is 42.6 Å². The van der Waals surface area contributed by atoms with Crippen LogP contribution in [0.3, 0.4) is 0 Å². The molecule has 5 nitrogen and oxygen atoms in total. The number of hydrogen-bond acceptors (Lipinski definition) is 4. The van der Waals surface area contributed by atoms with E-state index in [4.69, 9.17) is 32.7 Å². The van der Waals surface area contributed by atoms with Gasteiger partial charge in [0.1, 0.15) is 18.5 Å². The zero-order valence-corrected chi connectivity index (χ0v) is 16.2. The number of benzene rings is 1. The molecule has 0 bridgehead atoms. The summed E-state index contributed by atoms with van der Waals surface area (Å²) < 4.78 is 11.3. The van der Waals surface area contributed by atoms with E-state index in [1.165, 1.54) is 0 Å². The second-order valence-corrected chi connectivity index (χ2v) is 7.88. The predicted octanol–water partition coefficient (Wildman–Crippen LogP) is 4.44. The highest BCUT2D eigenvalue weighted by Crippen LogP contribution is 2.39. The fraction of sp³-hybridized carbons (Fsp3) is 0.556. The van der Waals surface area contributed by atoms with E-state index < -0.39 is 11.2 Å². The molecule has 25 heavy (non-hydrogen) atoms. The summed E-state index contributed by atoms with van der Waals surface area (Å²) in [5.74, 6) is 0. The van der Waals surface area contributed by atoms with Crippen LogP contribution in [0.5, 0.6) is 0 Å². The molecule has 1 aliphatic heterocycles. The monoisotopic (exact) mass is 387 g/mol. The first-order valence-electron chi connectivity index (χ1n) is 8.18. The lowest BCUT2D eigenvalue weighted by Gasteiger charge is -2.42. The van der Waals surface area contributed by atoms with E-state index >= 15 is 0 Å². The number of piperidine rings is 1. The second kappa shape index (κ2) is 7.94. The van der Waals surface area contributed by atoms with Crippen molar-refractivity contribution >= 4 is 35.6 Å². The Balaban J connectivity index is 2.16. The number of ether oxygens (including phenoxy) is 2. The fourth-order valence-electron chi connectivity index (χ4n) is 2.87. The topological polar surface area (TPSA) is 55.8 Å². The van der Waals surface area contributed by atoms with Crippen molar-refractivity contribution in [1.29, 1.82) is 0 Å². The lowest BCUT2D eigenvalue weighted by Crippen LogP contribution is -2.48. The summed E-state index contributed by atoms with van der Waals surface area (Å²) in [5.41, 5.74) is -0.357. The number of nitrogens with zero attached hydrogens (tertiary/aromatic N) is 1. The molecule has 1 amide bonds. The van der Waals surface area contributed by atoms with Crippen LogP contribution < -0.4 is 0 Å². The highest BCUT2D eigenvalue weighted by atomic mass is 35.5. The Morgan fingerprint density at radius 2 is 1.88 bits per heavy atom. The standard InChI is InChI=1S/C18H23Cl2NO4/c1-17(2,3)25-16(23)21-8-6-18(7-9-21,24-11-10-22)13-4-5-14(19)15(20)12-13/h4-5,10,12H,6-9,11H2,1-3H3. The van der Waals surface area contributed by atoms with Crippen LogP contribution in [0.15, 0.2) is 18.2 Å². The molecule has 138 valence electrons. The molecule has 1 fully saturated rings. The van der Waals surface area contributed by atoms with Crippen molar-refractivity contribution in [2.75, 3.05) is 19.7 Å². The molecule has 2 rings (SSSR count). The maximum absolute atomic E-state index is 12.2. The first-order chi connectivity index (χ1) is 11.7. The van der Waals surface area contributed by atoms with E-state index in [0.29, 0.717) is 36.0 Å². The van der Waals surface area contributed by atoms with Crippen LogP contribution in [0, 0.1) is 0 Å². The summed E-state index contributed by atoms with van der Waals surface area (Å²) in [6.07, 6.45) is 1.46. The Labute approximate surface area is 158 Å². The average molecular weight is 388 g/mol. The number of aldehydes is 1. The van der Waals surface area contributed by atoms with Crippen molar-refractivity contribution < 1.29 is 19.1 Å². The first kappa shape index (κ1) is 20.0. The number of rotatable bonds is 4. The minimum Gasteiger partial charge on any atom is -0.444 e. The number of carbonyl (C=O) groups is 2. The number of halogens is 2. The number of carbonyl (C=O) groups excluding carboxylic acids is 2. The summed E-state index contributed by atoms with van der Waals surface area (Å²) in [6, 6.07) is 5.32. The Morgan fingerprint density at radius 1 is 1.24 bits per heavy atom. The molecule has 0 saturated carbocycles. The lowest BCUT2D eigenvalue weighted by atomic mass is 9.84. The number of hydrogen-bond donors (Lipinski definition) is 0. The van der Waals surface area contributed by atoms with Crippen molar-refractivity contribution in [3.8, 4) is 0 Å². The molecule has 0 atom stereocenters. The minimum absolute atomic E-state index is 0.0211. The molecule has 1 aromatic carbocycles. The SMILES string of the molecule is CC(C)(C)OC(=O)N1CCC(OCC=O)(c2ccc(Cl)c(Cl)c2)CC1. The Morgan fingerprint density at radius 3 is 2.40 bits per heavy atom. The molecule has 7 heteroatoms. The molecule has 0 aliphatic carbocycles. The highest BCUT2D eigenvalue weighted by Gasteiger charge is 2.39. The van der Waals surface area contributed by atoms with E-state index in [-0.39, 0.29) is 12.7 Å². The van der Waals surface area contributed by atoms with Crippen LogP contribution in [0.4, 0.5) is 4.79 Å². The second-order valence-electron chi connectivity index (χ2n) is 7.07. The molecule has 1 aromatic rings. The molecule has 0 radical (unpaired) electrons. The van der Waals surface area contributed by atoms with E-state index in [1.807, 2.05) is 26.8 Å². The van der Waals surface area contributed by atoms with Gasteiger partial charge in [0.2, 0.25) is 0 Å². The molecule has 1 aliphatic rings. The van der Waals surface area contributed by atoms with Crippen LogP contribution in [-0.2, 0) is 19.9 Å². The molecule has 0 N–H and O–H groups in total. The van der Waals surface area contributed by atoms with Crippen molar-refractivity contribution in [2.24, 2.45) is 0 Å². The summed E-state index contributed by atoms with van der Waals surface area (Å²) in [4.78, 5) is 24.7. The van der Waals surface area contributed by atoms with Gasteiger partial charge in [-0.3, -0.25) is 0 Å². The van der Waals surface area contributed by atoms with Gasteiger partial charge in [0.25, 0.3) is 0 Å². The van der Waals surface area contributed by atoms with Crippen molar-refractivity contribution in [3.05, 3.63) is 33.8 Å². The van der Waals surface area contributed by atoms with Crippen LogP contribution in [0.25, 0.3) is 0 Å². The lowest BCUT2D eigenvalue weighted by molar-refractivity contribution is -0.126. The molecule has 0 spiro atoms. The average Bonchev–Trinajstić information content (AvgIpc) is 2.54. The third-order valence-corrected chi connectivity index (χ3v) is 4.84. The Bertz CT molecular complexity index is 634. The molecule has 1 heterocycles. The van der Waals surface area contributed by atoms with E-state index in [1.54, 1.807) is 17.0 Å². The Hall–Kier alpha value is -1.30. The summed E-state index contributed by atoms with van der Waals surface area (Å²) in [7, 11) is 0. The summed E-state index contributed by atoms with van der Waals surface area (Å²) >= 11 is 12.1. The van der Waals surface area contributed by atoms with E-state index in [0.717, 1.165) is 11.8 Å². The van der Waals surface area contributed by atoms with Gasteiger partial charge in [0.05, 0.1) is 15.6 Å². The van der Waals surface area contributed by atoms with Gasteiger partial charge in [-0.05, 0) is 51.3 Å².